The number of nitriles is 1. The summed E-state index contributed by atoms with van der Waals surface area (Å²) < 4.78 is 5.48. The minimum absolute atomic E-state index is 0.0146. The second-order valence-corrected chi connectivity index (χ2v) is 6.54. The van der Waals surface area contributed by atoms with Crippen LogP contribution in [0.2, 0.25) is 0 Å². The molecule has 1 N–H and O–H groups in total. The summed E-state index contributed by atoms with van der Waals surface area (Å²) in [6.45, 7) is 1.47. The maximum Gasteiger partial charge on any atom is 0.277 e. The standard InChI is InChI=1S/C23H18N4O4/c1-16(18-6-10-21(11-7-18)27(29)30)25-26-23(28)15-31-22-12-8-20(9-13-22)19-4-2-17(14-24)3-5-19/h2-13H,15H2,1H3,(H,26,28)/b25-16+. The largest absolute Gasteiger partial charge is 0.484 e. The number of nitrogens with one attached hydrogen (secondary N) is 1. The fraction of sp³-hybridized carbons (Fsp3) is 0.0870. The highest BCUT2D eigenvalue weighted by atomic mass is 16.6. The second kappa shape index (κ2) is 9.80. The van der Waals surface area contributed by atoms with Gasteiger partial charge in [-0.1, -0.05) is 24.3 Å². The number of non-ortho nitro benzene ring substituents is 1. The van der Waals surface area contributed by atoms with Crippen LogP contribution in [0.5, 0.6) is 5.75 Å². The Morgan fingerprint density at radius 2 is 1.61 bits per heavy atom. The molecule has 0 atom stereocenters. The molecular weight excluding hydrogens is 396 g/mol. The topological polar surface area (TPSA) is 118 Å². The molecule has 8 nitrogen and oxygen atoms in total. The van der Waals surface area contributed by atoms with Crippen molar-refractivity contribution < 1.29 is 14.5 Å². The summed E-state index contributed by atoms with van der Waals surface area (Å²) in [7, 11) is 0. The van der Waals surface area contributed by atoms with Crippen LogP contribution in [0.1, 0.15) is 18.1 Å². The van der Waals surface area contributed by atoms with Crippen molar-refractivity contribution in [3.05, 3.63) is 94.0 Å². The average molecular weight is 414 g/mol. The average Bonchev–Trinajstić information content (AvgIpc) is 2.81. The number of hydrogen-bond donors (Lipinski definition) is 1. The molecule has 0 aliphatic carbocycles. The number of nitro benzene ring substituents is 1. The van der Waals surface area contributed by atoms with E-state index >= 15 is 0 Å². The predicted octanol–water partition coefficient (Wildman–Crippen LogP) is 4.05. The zero-order chi connectivity index (χ0) is 22.2. The summed E-state index contributed by atoms with van der Waals surface area (Å²) in [4.78, 5) is 22.2. The van der Waals surface area contributed by atoms with E-state index < -0.39 is 10.8 Å². The van der Waals surface area contributed by atoms with Crippen molar-refractivity contribution in [2.75, 3.05) is 6.61 Å². The van der Waals surface area contributed by atoms with Crippen LogP contribution < -0.4 is 10.2 Å². The maximum atomic E-state index is 12.0. The van der Waals surface area contributed by atoms with Gasteiger partial charge in [-0.25, -0.2) is 5.43 Å². The van der Waals surface area contributed by atoms with Crippen LogP contribution in [0.25, 0.3) is 11.1 Å². The molecule has 0 unspecified atom stereocenters. The van der Waals surface area contributed by atoms with Gasteiger partial charge in [-0.15, -0.1) is 0 Å². The summed E-state index contributed by atoms with van der Waals surface area (Å²) in [5, 5.41) is 23.6. The molecule has 3 rings (SSSR count). The first-order valence-electron chi connectivity index (χ1n) is 9.27. The Bertz CT molecular complexity index is 1150. The van der Waals surface area contributed by atoms with Gasteiger partial charge in [-0.05, 0) is 60.0 Å². The van der Waals surface area contributed by atoms with Crippen molar-refractivity contribution in [1.82, 2.24) is 5.43 Å². The summed E-state index contributed by atoms with van der Waals surface area (Å²) >= 11 is 0. The van der Waals surface area contributed by atoms with E-state index in [1.807, 2.05) is 24.3 Å². The third-order valence-electron chi connectivity index (χ3n) is 4.42. The molecule has 0 radical (unpaired) electrons. The van der Waals surface area contributed by atoms with E-state index in [1.54, 1.807) is 43.3 Å². The minimum atomic E-state index is -0.480. The van der Waals surface area contributed by atoms with Crippen molar-refractivity contribution in [3.63, 3.8) is 0 Å². The fourth-order valence-electron chi connectivity index (χ4n) is 2.70. The maximum absolute atomic E-state index is 12.0. The Balaban J connectivity index is 1.52. The van der Waals surface area contributed by atoms with E-state index in [1.165, 1.54) is 12.1 Å². The van der Waals surface area contributed by atoms with Gasteiger partial charge in [0.05, 0.1) is 22.3 Å². The Labute approximate surface area is 178 Å². The van der Waals surface area contributed by atoms with E-state index in [2.05, 4.69) is 16.6 Å². The molecular formula is C23H18N4O4. The lowest BCUT2D eigenvalue weighted by molar-refractivity contribution is -0.384. The van der Waals surface area contributed by atoms with Crippen LogP contribution >= 0.6 is 0 Å². The number of rotatable bonds is 7. The summed E-state index contributed by atoms with van der Waals surface area (Å²) in [5.74, 6) is 0.0982. The van der Waals surface area contributed by atoms with Gasteiger partial charge in [0.25, 0.3) is 11.6 Å². The Morgan fingerprint density at radius 1 is 1.03 bits per heavy atom. The summed E-state index contributed by atoms with van der Waals surface area (Å²) in [5.41, 5.74) is 6.09. The molecule has 1 amide bonds. The molecule has 0 aliphatic heterocycles. The van der Waals surface area contributed by atoms with E-state index in [0.29, 0.717) is 22.6 Å². The molecule has 3 aromatic carbocycles. The zero-order valence-electron chi connectivity index (χ0n) is 16.6. The van der Waals surface area contributed by atoms with Crippen molar-refractivity contribution in [2.45, 2.75) is 6.92 Å². The molecule has 0 aliphatic rings. The highest BCUT2D eigenvalue weighted by Crippen LogP contribution is 2.22. The van der Waals surface area contributed by atoms with Crippen molar-refractivity contribution in [3.8, 4) is 22.9 Å². The van der Waals surface area contributed by atoms with Crippen LogP contribution in [-0.4, -0.2) is 23.1 Å². The number of carbonyl (C=O) groups excluding carboxylic acids is 1. The number of nitrogens with zero attached hydrogens (tertiary/aromatic N) is 3. The molecule has 0 heterocycles. The Hall–Kier alpha value is -4.51. The van der Waals surface area contributed by atoms with E-state index in [-0.39, 0.29) is 12.3 Å². The van der Waals surface area contributed by atoms with Crippen molar-refractivity contribution >= 4 is 17.3 Å². The molecule has 31 heavy (non-hydrogen) atoms. The van der Waals surface area contributed by atoms with Crippen molar-refractivity contribution in [2.24, 2.45) is 5.10 Å². The molecule has 0 bridgehead atoms. The van der Waals surface area contributed by atoms with Gasteiger partial charge in [0.15, 0.2) is 6.61 Å². The molecule has 0 spiro atoms. The van der Waals surface area contributed by atoms with Gasteiger partial charge >= 0.3 is 0 Å². The van der Waals surface area contributed by atoms with Gasteiger partial charge in [-0.3, -0.25) is 14.9 Å². The highest BCUT2D eigenvalue weighted by molar-refractivity contribution is 5.99. The lowest BCUT2D eigenvalue weighted by Gasteiger charge is -2.07. The molecule has 154 valence electrons. The highest BCUT2D eigenvalue weighted by Gasteiger charge is 2.07. The van der Waals surface area contributed by atoms with E-state index in [4.69, 9.17) is 10.00 Å². The second-order valence-electron chi connectivity index (χ2n) is 6.54. The quantitative estimate of drug-likeness (QED) is 0.355. The lowest BCUT2D eigenvalue weighted by Crippen LogP contribution is -2.25. The van der Waals surface area contributed by atoms with Gasteiger partial charge < -0.3 is 4.74 Å². The Morgan fingerprint density at radius 3 is 2.16 bits per heavy atom. The number of benzene rings is 3. The van der Waals surface area contributed by atoms with Gasteiger partial charge in [0.2, 0.25) is 0 Å². The van der Waals surface area contributed by atoms with Gasteiger partial charge in [0, 0.05) is 12.1 Å². The van der Waals surface area contributed by atoms with Crippen LogP contribution in [0.4, 0.5) is 5.69 Å². The summed E-state index contributed by atoms with van der Waals surface area (Å²) in [6.07, 6.45) is 0. The Kier molecular flexibility index (Phi) is 6.71. The molecule has 0 saturated carbocycles. The number of hydrazone groups is 1. The molecule has 0 aromatic heterocycles. The number of ether oxygens (including phenoxy) is 1. The number of hydrogen-bond acceptors (Lipinski definition) is 6. The van der Waals surface area contributed by atoms with Crippen LogP contribution in [0, 0.1) is 21.4 Å². The SMILES string of the molecule is C/C(=N\NC(=O)COc1ccc(-c2ccc(C#N)cc2)cc1)c1ccc([N+](=O)[O-])cc1. The smallest absolute Gasteiger partial charge is 0.277 e. The monoisotopic (exact) mass is 414 g/mol. The summed E-state index contributed by atoms with van der Waals surface area (Å²) in [6, 6.07) is 22.5. The molecule has 3 aromatic rings. The molecule has 0 saturated heterocycles. The first-order valence-corrected chi connectivity index (χ1v) is 9.27. The van der Waals surface area contributed by atoms with Crippen LogP contribution in [0.3, 0.4) is 0 Å². The number of nitro groups is 1. The zero-order valence-corrected chi connectivity index (χ0v) is 16.6. The third-order valence-corrected chi connectivity index (χ3v) is 4.42. The van der Waals surface area contributed by atoms with E-state index in [9.17, 15) is 14.9 Å². The minimum Gasteiger partial charge on any atom is -0.484 e. The van der Waals surface area contributed by atoms with Crippen LogP contribution in [-0.2, 0) is 4.79 Å². The predicted molar refractivity (Wildman–Crippen MR) is 116 cm³/mol. The number of amides is 1. The lowest BCUT2D eigenvalue weighted by atomic mass is 10.0. The third kappa shape index (κ3) is 5.74. The van der Waals surface area contributed by atoms with E-state index in [0.717, 1.165) is 11.1 Å². The number of carbonyl (C=O) groups is 1. The van der Waals surface area contributed by atoms with Crippen molar-refractivity contribution in [1.29, 1.82) is 5.26 Å². The fourth-order valence-corrected chi connectivity index (χ4v) is 2.70. The molecule has 8 heteroatoms. The molecule has 0 fully saturated rings. The first kappa shape index (κ1) is 21.2. The normalized spacial score (nSPS) is 10.8. The van der Waals surface area contributed by atoms with Gasteiger partial charge in [0.1, 0.15) is 5.75 Å². The first-order chi connectivity index (χ1) is 15.0. The van der Waals surface area contributed by atoms with Gasteiger partial charge in [-0.2, -0.15) is 10.4 Å². The van der Waals surface area contributed by atoms with Crippen LogP contribution in [0.15, 0.2) is 77.9 Å².